The topological polar surface area (TPSA) is 46.9 Å². The van der Waals surface area contributed by atoms with E-state index in [1.165, 1.54) is 25.7 Å². The van der Waals surface area contributed by atoms with Gasteiger partial charge in [-0.25, -0.2) is 0 Å². The maximum absolute atomic E-state index is 12.6. The first-order valence-corrected chi connectivity index (χ1v) is 8.36. The van der Waals surface area contributed by atoms with Crippen LogP contribution in [0.4, 0.5) is 0 Å². The molecule has 1 heterocycles. The first-order valence-electron chi connectivity index (χ1n) is 8.36. The molecule has 0 saturated heterocycles. The summed E-state index contributed by atoms with van der Waals surface area (Å²) in [5.41, 5.74) is 2.59. The lowest BCUT2D eigenvalue weighted by molar-refractivity contribution is 0.0914. The Balaban J connectivity index is 1.70. The predicted octanol–water partition coefficient (Wildman–Crippen LogP) is 3.07. The van der Waals surface area contributed by atoms with Crippen LogP contribution in [0.1, 0.15) is 61.3 Å². The van der Waals surface area contributed by atoms with E-state index in [0.29, 0.717) is 5.92 Å². The Kier molecular flexibility index (Phi) is 3.80. The fourth-order valence-corrected chi connectivity index (χ4v) is 4.63. The molecule has 2 saturated carbocycles. The van der Waals surface area contributed by atoms with Crippen molar-refractivity contribution in [1.82, 2.24) is 15.1 Å². The molecule has 1 amide bonds. The number of carbonyl (C=O) groups is 1. The number of fused-ring (bicyclic) bond motifs is 2. The normalized spacial score (nSPS) is 28.9. The lowest BCUT2D eigenvalue weighted by Gasteiger charge is -2.28. The molecule has 116 valence electrons. The van der Waals surface area contributed by atoms with Gasteiger partial charge in [-0.05, 0) is 64.7 Å². The molecule has 2 aliphatic carbocycles. The molecular weight excluding hydrogens is 262 g/mol. The van der Waals surface area contributed by atoms with Crippen molar-refractivity contribution in [3.05, 3.63) is 17.0 Å². The average molecular weight is 289 g/mol. The lowest BCUT2D eigenvalue weighted by Crippen LogP contribution is -2.40. The maximum Gasteiger partial charge on any atom is 0.255 e. The first kappa shape index (κ1) is 14.6. The Morgan fingerprint density at radius 2 is 2.14 bits per heavy atom. The van der Waals surface area contributed by atoms with Crippen molar-refractivity contribution in [1.29, 1.82) is 0 Å². The third-order valence-corrected chi connectivity index (χ3v) is 5.70. The van der Waals surface area contributed by atoms with Crippen molar-refractivity contribution in [2.45, 2.75) is 66.0 Å². The number of rotatable bonds is 4. The van der Waals surface area contributed by atoms with E-state index in [-0.39, 0.29) is 11.9 Å². The van der Waals surface area contributed by atoms with E-state index in [9.17, 15) is 4.79 Å². The fourth-order valence-electron chi connectivity index (χ4n) is 4.63. The van der Waals surface area contributed by atoms with E-state index in [0.717, 1.165) is 35.3 Å². The molecule has 1 aromatic rings. The van der Waals surface area contributed by atoms with Crippen LogP contribution in [0, 0.1) is 31.6 Å². The Labute approximate surface area is 127 Å². The van der Waals surface area contributed by atoms with Crippen LogP contribution in [0.25, 0.3) is 0 Å². The largest absolute Gasteiger partial charge is 0.349 e. The van der Waals surface area contributed by atoms with E-state index in [2.05, 4.69) is 24.3 Å². The highest BCUT2D eigenvalue weighted by Crippen LogP contribution is 2.49. The molecule has 4 heteroatoms. The molecule has 0 aromatic carbocycles. The van der Waals surface area contributed by atoms with Gasteiger partial charge in [0.15, 0.2) is 0 Å². The van der Waals surface area contributed by atoms with Gasteiger partial charge < -0.3 is 5.32 Å². The van der Waals surface area contributed by atoms with Gasteiger partial charge in [0.25, 0.3) is 5.91 Å². The smallest absolute Gasteiger partial charge is 0.255 e. The predicted molar refractivity (Wildman–Crippen MR) is 83.2 cm³/mol. The van der Waals surface area contributed by atoms with Crippen molar-refractivity contribution >= 4 is 5.91 Å². The minimum Gasteiger partial charge on any atom is -0.349 e. The van der Waals surface area contributed by atoms with Crippen molar-refractivity contribution < 1.29 is 4.79 Å². The van der Waals surface area contributed by atoms with Gasteiger partial charge in [-0.15, -0.1) is 0 Å². The standard InChI is InChI=1S/C17H27N3O/c1-5-20-12(4)16(11(3)19-20)17(21)18-10(2)15-9-13-6-7-14(15)8-13/h10,13-15H,5-9H2,1-4H3,(H,18,21). The number of aryl methyl sites for hydroxylation is 2. The number of carbonyl (C=O) groups excluding carboxylic acids is 1. The zero-order chi connectivity index (χ0) is 15.1. The number of amides is 1. The van der Waals surface area contributed by atoms with Crippen LogP contribution in [0.5, 0.6) is 0 Å². The van der Waals surface area contributed by atoms with Crippen LogP contribution in [0.2, 0.25) is 0 Å². The minimum absolute atomic E-state index is 0.0555. The molecule has 4 atom stereocenters. The number of hydrogen-bond acceptors (Lipinski definition) is 2. The van der Waals surface area contributed by atoms with Gasteiger partial charge in [-0.3, -0.25) is 9.48 Å². The lowest BCUT2D eigenvalue weighted by atomic mass is 9.84. The maximum atomic E-state index is 12.6. The second-order valence-electron chi connectivity index (χ2n) is 6.96. The van der Waals surface area contributed by atoms with Gasteiger partial charge in [0.1, 0.15) is 0 Å². The highest BCUT2D eigenvalue weighted by Gasteiger charge is 2.42. The van der Waals surface area contributed by atoms with Gasteiger partial charge >= 0.3 is 0 Å². The van der Waals surface area contributed by atoms with Gasteiger partial charge in [-0.1, -0.05) is 6.42 Å². The van der Waals surface area contributed by atoms with E-state index in [1.54, 1.807) is 0 Å². The average Bonchev–Trinajstić information content (AvgIpc) is 3.12. The highest BCUT2D eigenvalue weighted by atomic mass is 16.1. The summed E-state index contributed by atoms with van der Waals surface area (Å²) in [4.78, 5) is 12.6. The Morgan fingerprint density at radius 3 is 2.67 bits per heavy atom. The fraction of sp³-hybridized carbons (Fsp3) is 0.765. The van der Waals surface area contributed by atoms with Gasteiger partial charge in [0.05, 0.1) is 11.3 Å². The molecular formula is C17H27N3O. The van der Waals surface area contributed by atoms with Gasteiger partial charge in [-0.2, -0.15) is 5.10 Å². The van der Waals surface area contributed by atoms with Crippen molar-refractivity contribution in [2.75, 3.05) is 0 Å². The van der Waals surface area contributed by atoms with Crippen LogP contribution < -0.4 is 5.32 Å². The van der Waals surface area contributed by atoms with Crippen molar-refractivity contribution in [3.8, 4) is 0 Å². The Hall–Kier alpha value is -1.32. The number of nitrogens with zero attached hydrogens (tertiary/aromatic N) is 2. The molecule has 0 aliphatic heterocycles. The molecule has 0 spiro atoms. The molecule has 4 nitrogen and oxygen atoms in total. The molecule has 0 radical (unpaired) electrons. The van der Waals surface area contributed by atoms with Gasteiger partial charge in [0, 0.05) is 18.3 Å². The van der Waals surface area contributed by atoms with E-state index in [1.807, 2.05) is 18.5 Å². The second-order valence-corrected chi connectivity index (χ2v) is 6.96. The molecule has 4 unspecified atom stereocenters. The summed E-state index contributed by atoms with van der Waals surface area (Å²) in [6.45, 7) is 8.95. The van der Waals surface area contributed by atoms with Gasteiger partial charge in [0.2, 0.25) is 0 Å². The van der Waals surface area contributed by atoms with E-state index in [4.69, 9.17) is 0 Å². The molecule has 2 bridgehead atoms. The zero-order valence-corrected chi connectivity index (χ0v) is 13.6. The first-order chi connectivity index (χ1) is 10.0. The summed E-state index contributed by atoms with van der Waals surface area (Å²) in [7, 11) is 0. The number of nitrogens with one attached hydrogen (secondary N) is 1. The van der Waals surface area contributed by atoms with Crippen LogP contribution >= 0.6 is 0 Å². The Morgan fingerprint density at radius 1 is 1.38 bits per heavy atom. The number of aromatic nitrogens is 2. The third kappa shape index (κ3) is 2.49. The Bertz CT molecular complexity index is 548. The summed E-state index contributed by atoms with van der Waals surface area (Å²) >= 11 is 0. The van der Waals surface area contributed by atoms with E-state index < -0.39 is 0 Å². The quantitative estimate of drug-likeness (QED) is 0.926. The van der Waals surface area contributed by atoms with Crippen LogP contribution in [0.3, 0.4) is 0 Å². The summed E-state index contributed by atoms with van der Waals surface area (Å²) in [6, 6.07) is 0.275. The molecule has 2 aliphatic rings. The van der Waals surface area contributed by atoms with E-state index >= 15 is 0 Å². The summed E-state index contributed by atoms with van der Waals surface area (Å²) in [5, 5.41) is 7.70. The summed E-state index contributed by atoms with van der Waals surface area (Å²) in [6.07, 6.45) is 5.46. The van der Waals surface area contributed by atoms with Crippen LogP contribution in [-0.4, -0.2) is 21.7 Å². The monoisotopic (exact) mass is 289 g/mol. The molecule has 1 N–H and O–H groups in total. The van der Waals surface area contributed by atoms with Crippen LogP contribution in [-0.2, 0) is 6.54 Å². The summed E-state index contributed by atoms with van der Waals surface area (Å²) < 4.78 is 1.91. The molecule has 2 fully saturated rings. The van der Waals surface area contributed by atoms with Crippen molar-refractivity contribution in [2.24, 2.45) is 17.8 Å². The zero-order valence-electron chi connectivity index (χ0n) is 13.6. The summed E-state index contributed by atoms with van der Waals surface area (Å²) in [5.74, 6) is 2.49. The highest BCUT2D eigenvalue weighted by molar-refractivity contribution is 5.96. The molecule has 21 heavy (non-hydrogen) atoms. The molecule has 3 rings (SSSR count). The second kappa shape index (κ2) is 5.47. The van der Waals surface area contributed by atoms with Crippen molar-refractivity contribution in [3.63, 3.8) is 0 Å². The number of hydrogen-bond donors (Lipinski definition) is 1. The molecule has 1 aromatic heterocycles. The van der Waals surface area contributed by atoms with Crippen LogP contribution in [0.15, 0.2) is 0 Å². The SMILES string of the molecule is CCn1nc(C)c(C(=O)NC(C)C2CC3CCC2C3)c1C. The minimum atomic E-state index is 0.0555. The third-order valence-electron chi connectivity index (χ3n) is 5.70.